The maximum atomic E-state index is 10.8. The number of hydrogen-bond donors (Lipinski definition) is 2. The number of rotatable bonds is 4. The highest BCUT2D eigenvalue weighted by Gasteiger charge is 2.31. The molecule has 2 unspecified atom stereocenters. The van der Waals surface area contributed by atoms with Crippen molar-refractivity contribution in [3.8, 4) is 0 Å². The van der Waals surface area contributed by atoms with Crippen LogP contribution in [0.15, 0.2) is 34.7 Å². The van der Waals surface area contributed by atoms with Crippen LogP contribution in [0.3, 0.4) is 0 Å². The predicted molar refractivity (Wildman–Crippen MR) is 83.1 cm³/mol. The Bertz CT molecular complexity index is 612. The van der Waals surface area contributed by atoms with E-state index in [4.69, 9.17) is 10.2 Å². The molecule has 0 saturated carbocycles. The van der Waals surface area contributed by atoms with Crippen LogP contribution in [-0.2, 0) is 5.60 Å². The van der Waals surface area contributed by atoms with Crippen LogP contribution in [0.1, 0.15) is 37.1 Å². The lowest BCUT2D eigenvalue weighted by Crippen LogP contribution is -2.43. The molecule has 0 amide bonds. The molecule has 3 rings (SSSR count). The van der Waals surface area contributed by atoms with E-state index in [0.29, 0.717) is 12.4 Å². The van der Waals surface area contributed by atoms with Gasteiger partial charge < -0.3 is 15.3 Å². The molecule has 118 valence electrons. The maximum absolute atomic E-state index is 10.8. The Hall–Kier alpha value is -1.92. The zero-order valence-corrected chi connectivity index (χ0v) is 12.8. The Balaban J connectivity index is 1.67. The van der Waals surface area contributed by atoms with Crippen molar-refractivity contribution >= 4 is 6.01 Å². The van der Waals surface area contributed by atoms with Crippen molar-refractivity contribution in [1.82, 2.24) is 15.1 Å². The van der Waals surface area contributed by atoms with Gasteiger partial charge in [-0.1, -0.05) is 35.4 Å². The van der Waals surface area contributed by atoms with Gasteiger partial charge in [0.05, 0.1) is 11.5 Å². The number of piperidine rings is 1. The fourth-order valence-corrected chi connectivity index (χ4v) is 3.14. The first-order valence-corrected chi connectivity index (χ1v) is 7.64. The molecular weight excluding hydrogens is 280 g/mol. The lowest BCUT2D eigenvalue weighted by molar-refractivity contribution is 0.00676. The summed E-state index contributed by atoms with van der Waals surface area (Å²) in [5.74, 6) is 0.784. The minimum absolute atomic E-state index is 0.114. The highest BCUT2D eigenvalue weighted by molar-refractivity contribution is 5.22. The summed E-state index contributed by atoms with van der Waals surface area (Å²) in [6, 6.07) is 9.88. The fourth-order valence-electron chi connectivity index (χ4n) is 3.14. The first-order valence-electron chi connectivity index (χ1n) is 7.64. The van der Waals surface area contributed by atoms with Gasteiger partial charge in [-0.25, -0.2) is 0 Å². The van der Waals surface area contributed by atoms with Crippen LogP contribution in [0, 0.1) is 0 Å². The molecule has 6 heteroatoms. The third kappa shape index (κ3) is 3.28. The van der Waals surface area contributed by atoms with E-state index in [-0.39, 0.29) is 11.9 Å². The molecule has 6 nitrogen and oxygen atoms in total. The molecule has 2 aromatic rings. The van der Waals surface area contributed by atoms with Gasteiger partial charge >= 0.3 is 6.01 Å². The second-order valence-electron chi connectivity index (χ2n) is 6.19. The van der Waals surface area contributed by atoms with Gasteiger partial charge in [0.2, 0.25) is 5.89 Å². The molecule has 2 heterocycles. The first-order chi connectivity index (χ1) is 10.5. The summed E-state index contributed by atoms with van der Waals surface area (Å²) in [5.41, 5.74) is 5.56. The highest BCUT2D eigenvalue weighted by atomic mass is 16.4. The summed E-state index contributed by atoms with van der Waals surface area (Å²) < 4.78 is 5.35. The van der Waals surface area contributed by atoms with E-state index in [1.807, 2.05) is 37.3 Å². The lowest BCUT2D eigenvalue weighted by atomic mass is 9.92. The number of anilines is 1. The molecular formula is C16H22N4O2. The maximum Gasteiger partial charge on any atom is 0.312 e. The smallest absolute Gasteiger partial charge is 0.312 e. The Kier molecular flexibility index (Phi) is 4.13. The Morgan fingerprint density at radius 2 is 2.14 bits per heavy atom. The fraction of sp³-hybridized carbons (Fsp3) is 0.500. The van der Waals surface area contributed by atoms with Gasteiger partial charge in [-0.15, -0.1) is 5.10 Å². The largest absolute Gasteiger partial charge is 0.408 e. The van der Waals surface area contributed by atoms with Crippen molar-refractivity contribution in [3.05, 3.63) is 41.8 Å². The molecule has 1 saturated heterocycles. The normalized spacial score (nSPS) is 22.4. The Morgan fingerprint density at radius 3 is 2.82 bits per heavy atom. The summed E-state index contributed by atoms with van der Waals surface area (Å²) >= 11 is 0. The molecule has 1 aromatic heterocycles. The van der Waals surface area contributed by atoms with Gasteiger partial charge in [-0.05, 0) is 31.9 Å². The molecule has 1 fully saturated rings. The summed E-state index contributed by atoms with van der Waals surface area (Å²) in [4.78, 5) is 2.25. The molecule has 0 aliphatic carbocycles. The molecule has 0 spiro atoms. The van der Waals surface area contributed by atoms with Gasteiger partial charge in [0.1, 0.15) is 0 Å². The third-order valence-corrected chi connectivity index (χ3v) is 4.24. The number of hydrogen-bond acceptors (Lipinski definition) is 6. The highest BCUT2D eigenvalue weighted by Crippen LogP contribution is 2.29. The number of aliphatic hydroxyl groups is 1. The average Bonchev–Trinajstić information content (AvgIpc) is 2.95. The minimum Gasteiger partial charge on any atom is -0.408 e. The third-order valence-electron chi connectivity index (χ3n) is 4.24. The Morgan fingerprint density at radius 1 is 1.36 bits per heavy atom. The zero-order chi connectivity index (χ0) is 15.6. The van der Waals surface area contributed by atoms with E-state index >= 15 is 0 Å². The topological polar surface area (TPSA) is 88.4 Å². The molecule has 1 aliphatic rings. The van der Waals surface area contributed by atoms with Crippen molar-refractivity contribution in [2.75, 3.05) is 25.4 Å². The van der Waals surface area contributed by atoms with Crippen LogP contribution in [0.25, 0.3) is 0 Å². The van der Waals surface area contributed by atoms with Gasteiger partial charge in [-0.3, -0.25) is 4.90 Å². The van der Waals surface area contributed by atoms with Crippen LogP contribution in [0.5, 0.6) is 0 Å². The lowest BCUT2D eigenvalue weighted by Gasteiger charge is -2.36. The summed E-state index contributed by atoms with van der Waals surface area (Å²) in [6.07, 6.45) is 2.05. The van der Waals surface area contributed by atoms with Crippen molar-refractivity contribution in [2.24, 2.45) is 0 Å². The van der Waals surface area contributed by atoms with Crippen LogP contribution >= 0.6 is 0 Å². The summed E-state index contributed by atoms with van der Waals surface area (Å²) in [6.45, 7) is 4.20. The number of nitrogens with two attached hydrogens (primary N) is 1. The van der Waals surface area contributed by atoms with Crippen LogP contribution in [0.2, 0.25) is 0 Å². The quantitative estimate of drug-likeness (QED) is 0.894. The van der Waals surface area contributed by atoms with E-state index in [1.165, 1.54) is 0 Å². The zero-order valence-electron chi connectivity index (χ0n) is 12.8. The van der Waals surface area contributed by atoms with E-state index < -0.39 is 5.60 Å². The summed E-state index contributed by atoms with van der Waals surface area (Å²) in [7, 11) is 0. The average molecular weight is 302 g/mol. The Labute approximate surface area is 129 Å². The van der Waals surface area contributed by atoms with Crippen molar-refractivity contribution in [2.45, 2.75) is 31.3 Å². The van der Waals surface area contributed by atoms with Gasteiger partial charge in [0, 0.05) is 13.1 Å². The van der Waals surface area contributed by atoms with E-state index in [1.54, 1.807) is 0 Å². The first kappa shape index (κ1) is 15.0. The van der Waals surface area contributed by atoms with Crippen molar-refractivity contribution in [3.63, 3.8) is 0 Å². The van der Waals surface area contributed by atoms with Gasteiger partial charge in [-0.2, -0.15) is 0 Å². The van der Waals surface area contributed by atoms with E-state index in [0.717, 1.165) is 31.5 Å². The number of nitrogens with zero attached hydrogens (tertiary/aromatic N) is 3. The molecule has 3 N–H and O–H groups in total. The second kappa shape index (κ2) is 6.06. The van der Waals surface area contributed by atoms with Gasteiger partial charge in [0.15, 0.2) is 0 Å². The molecule has 2 atom stereocenters. The summed E-state index contributed by atoms with van der Waals surface area (Å²) in [5, 5.41) is 18.5. The minimum atomic E-state index is -0.878. The van der Waals surface area contributed by atoms with Crippen LogP contribution < -0.4 is 5.73 Å². The van der Waals surface area contributed by atoms with E-state index in [2.05, 4.69) is 15.1 Å². The van der Waals surface area contributed by atoms with Gasteiger partial charge in [0.25, 0.3) is 0 Å². The monoisotopic (exact) mass is 302 g/mol. The molecule has 1 aromatic carbocycles. The van der Waals surface area contributed by atoms with Crippen molar-refractivity contribution < 1.29 is 9.52 Å². The van der Waals surface area contributed by atoms with Crippen molar-refractivity contribution in [1.29, 1.82) is 0 Å². The molecule has 0 radical (unpaired) electrons. The molecule has 1 aliphatic heterocycles. The SMILES string of the molecule is CC(O)(CN1CCCC(c2nnc(N)o2)C1)c1ccccc1. The number of likely N-dealkylation sites (tertiary alicyclic amines) is 1. The van der Waals surface area contributed by atoms with Crippen LogP contribution in [-0.4, -0.2) is 39.8 Å². The number of nitrogen functional groups attached to an aromatic ring is 1. The number of benzene rings is 1. The van der Waals surface area contributed by atoms with E-state index in [9.17, 15) is 5.11 Å². The number of aromatic nitrogens is 2. The second-order valence-corrected chi connectivity index (χ2v) is 6.19. The molecule has 22 heavy (non-hydrogen) atoms. The van der Waals surface area contributed by atoms with Crippen LogP contribution in [0.4, 0.5) is 6.01 Å². The standard InChI is InChI=1S/C16H22N4O2/c1-16(21,13-7-3-2-4-8-13)11-20-9-5-6-12(10-20)14-18-19-15(17)22-14/h2-4,7-8,12,21H,5-6,9-11H2,1H3,(H2,17,19). The molecule has 0 bridgehead atoms. The predicted octanol–water partition coefficient (Wildman–Crippen LogP) is 1.74. The number of β-amino-alcohol motifs (C(OH)–C–C–N with tert-alkyl or cyclic N) is 1.